The van der Waals surface area contributed by atoms with Gasteiger partial charge in [0.1, 0.15) is 0 Å². The maximum atomic E-state index is 7.48. The highest BCUT2D eigenvalue weighted by molar-refractivity contribution is 5.65. The van der Waals surface area contributed by atoms with Gasteiger partial charge in [-0.05, 0) is 0 Å². The van der Waals surface area contributed by atoms with Crippen LogP contribution in [0.5, 0.6) is 0 Å². The molecule has 0 atom stereocenters. The van der Waals surface area contributed by atoms with Gasteiger partial charge in [-0.3, -0.25) is 0 Å². The first kappa shape index (κ1) is 10.5. The predicted molar refractivity (Wildman–Crippen MR) is 61.2 cm³/mol. The maximum absolute atomic E-state index is 7.48. The molecule has 1 aromatic heterocycles. The van der Waals surface area contributed by atoms with Crippen LogP contribution in [0.25, 0.3) is 0 Å². The normalized spacial score (nSPS) is 10.1. The molecule has 1 heterocycles. The van der Waals surface area contributed by atoms with Crippen molar-refractivity contribution >= 4 is 5.84 Å². The lowest BCUT2D eigenvalue weighted by atomic mass is 10.2. The number of benzene rings is 1. The number of aromatic nitrogens is 2. The van der Waals surface area contributed by atoms with Crippen LogP contribution in [0.3, 0.4) is 0 Å². The standard InChI is InChI=1S/C13H15N3/c1-12(14)16-9-7-15(8-10-16)11-13-5-3-2-4-6-13/h2-10,14H,11H2,1H3/q+2. The van der Waals surface area contributed by atoms with Gasteiger partial charge in [0.2, 0.25) is 12.4 Å². The number of hydrogen-bond donors (Lipinski definition) is 1. The quantitative estimate of drug-likeness (QED) is 0.441. The number of nitrogens with one attached hydrogen (secondary N) is 1. The Balaban J connectivity index is 2.14. The van der Waals surface area contributed by atoms with Gasteiger partial charge in [0.05, 0.1) is 0 Å². The minimum absolute atomic E-state index is 0.520. The van der Waals surface area contributed by atoms with E-state index in [2.05, 4.69) is 16.7 Å². The van der Waals surface area contributed by atoms with E-state index in [1.807, 2.05) is 43.0 Å². The van der Waals surface area contributed by atoms with Crippen LogP contribution in [0.2, 0.25) is 0 Å². The van der Waals surface area contributed by atoms with Gasteiger partial charge in [0.25, 0.3) is 5.84 Å². The molecule has 0 aliphatic carbocycles. The summed E-state index contributed by atoms with van der Waals surface area (Å²) in [5.74, 6) is 0.520. The fraction of sp³-hybridized carbons (Fsp3) is 0.154. The lowest BCUT2D eigenvalue weighted by Gasteiger charge is -1.97. The molecule has 3 heteroatoms. The van der Waals surface area contributed by atoms with Crippen LogP contribution in [0.4, 0.5) is 0 Å². The van der Waals surface area contributed by atoms with Gasteiger partial charge < -0.3 is 0 Å². The van der Waals surface area contributed by atoms with E-state index in [1.54, 1.807) is 11.5 Å². The molecule has 2 rings (SSSR count). The van der Waals surface area contributed by atoms with Gasteiger partial charge in [-0.1, -0.05) is 30.3 Å². The first-order valence-corrected chi connectivity index (χ1v) is 5.25. The smallest absolute Gasteiger partial charge is 0.196 e. The molecule has 0 spiro atoms. The van der Waals surface area contributed by atoms with Crippen molar-refractivity contribution in [3.05, 3.63) is 60.7 Å². The summed E-state index contributed by atoms with van der Waals surface area (Å²) >= 11 is 0. The second kappa shape index (κ2) is 4.66. The Morgan fingerprint density at radius 1 is 1.06 bits per heavy atom. The summed E-state index contributed by atoms with van der Waals surface area (Å²) in [4.78, 5) is 0. The van der Waals surface area contributed by atoms with Crippen molar-refractivity contribution < 1.29 is 9.13 Å². The van der Waals surface area contributed by atoms with Gasteiger partial charge in [-0.25, -0.2) is 0 Å². The Labute approximate surface area is 95.1 Å². The topological polar surface area (TPSA) is 31.6 Å². The van der Waals surface area contributed by atoms with Gasteiger partial charge in [0, 0.05) is 12.5 Å². The Hall–Kier alpha value is -2.03. The Kier molecular flexibility index (Phi) is 3.05. The Morgan fingerprint density at radius 3 is 2.25 bits per heavy atom. The van der Waals surface area contributed by atoms with E-state index < -0.39 is 0 Å². The van der Waals surface area contributed by atoms with Crippen LogP contribution < -0.4 is 9.13 Å². The lowest BCUT2D eigenvalue weighted by Crippen LogP contribution is -2.45. The summed E-state index contributed by atoms with van der Waals surface area (Å²) in [7, 11) is 0. The van der Waals surface area contributed by atoms with Gasteiger partial charge in [-0.2, -0.15) is 9.13 Å². The van der Waals surface area contributed by atoms with Crippen molar-refractivity contribution in [2.75, 3.05) is 0 Å². The van der Waals surface area contributed by atoms with Gasteiger partial charge in [-0.15, -0.1) is 5.41 Å². The molecule has 0 bridgehead atoms. The molecule has 0 aliphatic rings. The van der Waals surface area contributed by atoms with E-state index in [0.29, 0.717) is 5.84 Å². The molecule has 1 N–H and O–H groups in total. The van der Waals surface area contributed by atoms with E-state index in [1.165, 1.54) is 5.56 Å². The lowest BCUT2D eigenvalue weighted by molar-refractivity contribution is -0.709. The third-order valence-corrected chi connectivity index (χ3v) is 2.43. The largest absolute Gasteiger partial charge is 0.291 e. The molecule has 16 heavy (non-hydrogen) atoms. The third kappa shape index (κ3) is 2.51. The fourth-order valence-corrected chi connectivity index (χ4v) is 1.54. The number of rotatable bonds is 2. The predicted octanol–water partition coefficient (Wildman–Crippen LogP) is 1.16. The molecule has 0 aliphatic heterocycles. The van der Waals surface area contributed by atoms with E-state index in [-0.39, 0.29) is 0 Å². The molecule has 2 aromatic rings. The molecule has 0 fully saturated rings. The molecular weight excluding hydrogens is 198 g/mol. The molecule has 0 amide bonds. The zero-order valence-electron chi connectivity index (χ0n) is 9.30. The van der Waals surface area contributed by atoms with Crippen molar-refractivity contribution in [1.29, 1.82) is 5.41 Å². The summed E-state index contributed by atoms with van der Waals surface area (Å²) < 4.78 is 3.87. The molecule has 0 unspecified atom stereocenters. The molecule has 0 radical (unpaired) electrons. The van der Waals surface area contributed by atoms with Gasteiger partial charge in [0.15, 0.2) is 18.9 Å². The van der Waals surface area contributed by atoms with Crippen LogP contribution in [-0.2, 0) is 6.54 Å². The SMILES string of the molecule is CC(=N)[n+]1cc[n+](Cc2ccccc2)cc1. The van der Waals surface area contributed by atoms with Crippen molar-refractivity contribution in [1.82, 2.24) is 0 Å². The highest BCUT2D eigenvalue weighted by atomic mass is 15.0. The van der Waals surface area contributed by atoms with Crippen molar-refractivity contribution in [2.24, 2.45) is 0 Å². The number of hydrogen-bond acceptors (Lipinski definition) is 1. The number of nitrogens with zero attached hydrogens (tertiary/aromatic N) is 2. The summed E-state index contributed by atoms with van der Waals surface area (Å²) in [6.07, 6.45) is 7.74. The van der Waals surface area contributed by atoms with E-state index >= 15 is 0 Å². The second-order valence-electron chi connectivity index (χ2n) is 3.75. The zero-order valence-corrected chi connectivity index (χ0v) is 9.30. The van der Waals surface area contributed by atoms with Crippen LogP contribution in [0.1, 0.15) is 12.5 Å². The highest BCUT2D eigenvalue weighted by Gasteiger charge is 2.06. The van der Waals surface area contributed by atoms with E-state index in [0.717, 1.165) is 6.54 Å². The fourth-order valence-electron chi connectivity index (χ4n) is 1.54. The van der Waals surface area contributed by atoms with Crippen molar-refractivity contribution in [3.63, 3.8) is 0 Å². The van der Waals surface area contributed by atoms with Gasteiger partial charge >= 0.3 is 0 Å². The summed E-state index contributed by atoms with van der Waals surface area (Å²) in [5.41, 5.74) is 1.27. The molecule has 80 valence electrons. The maximum Gasteiger partial charge on any atom is 0.291 e. The molecule has 0 saturated carbocycles. The second-order valence-corrected chi connectivity index (χ2v) is 3.75. The molecule has 3 nitrogen and oxygen atoms in total. The van der Waals surface area contributed by atoms with Crippen LogP contribution in [0.15, 0.2) is 55.1 Å². The Morgan fingerprint density at radius 2 is 1.69 bits per heavy atom. The monoisotopic (exact) mass is 213 g/mol. The molecule has 1 aromatic carbocycles. The zero-order chi connectivity index (χ0) is 11.4. The van der Waals surface area contributed by atoms with Crippen LogP contribution >= 0.6 is 0 Å². The van der Waals surface area contributed by atoms with Crippen LogP contribution in [-0.4, -0.2) is 5.84 Å². The van der Waals surface area contributed by atoms with Crippen molar-refractivity contribution in [3.8, 4) is 0 Å². The average molecular weight is 213 g/mol. The van der Waals surface area contributed by atoms with Crippen LogP contribution in [0, 0.1) is 5.41 Å². The first-order chi connectivity index (χ1) is 7.75. The minimum atomic E-state index is 0.520. The summed E-state index contributed by atoms with van der Waals surface area (Å²) in [6, 6.07) is 10.3. The third-order valence-electron chi connectivity index (χ3n) is 2.43. The summed E-state index contributed by atoms with van der Waals surface area (Å²) in [5, 5.41) is 7.48. The average Bonchev–Trinajstić information content (AvgIpc) is 2.31. The summed E-state index contributed by atoms with van der Waals surface area (Å²) in [6.45, 7) is 2.63. The first-order valence-electron chi connectivity index (χ1n) is 5.25. The Bertz CT molecular complexity index is 474. The molecular formula is C13H15N3+2. The van der Waals surface area contributed by atoms with E-state index in [9.17, 15) is 0 Å². The minimum Gasteiger partial charge on any atom is -0.196 e. The van der Waals surface area contributed by atoms with Crippen molar-refractivity contribution in [2.45, 2.75) is 13.5 Å². The van der Waals surface area contributed by atoms with E-state index in [4.69, 9.17) is 5.41 Å². The highest BCUT2D eigenvalue weighted by Crippen LogP contribution is 1.96. The molecule has 0 saturated heterocycles.